The van der Waals surface area contributed by atoms with Crippen LogP contribution in [0.1, 0.15) is 23.6 Å². The highest BCUT2D eigenvalue weighted by Crippen LogP contribution is 2.44. The SMILES string of the molecule is COc1ccc(C(c2cc(OC)c(OC)c(OC)c2)N2CCCNCC2)c(OC)c1. The zero-order chi connectivity index (χ0) is 21.5. The summed E-state index contributed by atoms with van der Waals surface area (Å²) in [5, 5.41) is 3.48. The summed E-state index contributed by atoms with van der Waals surface area (Å²) in [4.78, 5) is 2.46. The molecular weight excluding hydrogens is 384 g/mol. The zero-order valence-electron chi connectivity index (χ0n) is 18.5. The van der Waals surface area contributed by atoms with Crippen LogP contribution in [0.15, 0.2) is 30.3 Å². The molecule has 1 unspecified atom stereocenters. The van der Waals surface area contributed by atoms with Gasteiger partial charge in [-0.25, -0.2) is 0 Å². The molecule has 1 saturated heterocycles. The smallest absolute Gasteiger partial charge is 0.203 e. The first kappa shape index (κ1) is 22.1. The third-order valence-corrected chi connectivity index (χ3v) is 5.48. The van der Waals surface area contributed by atoms with Gasteiger partial charge in [0.15, 0.2) is 11.5 Å². The van der Waals surface area contributed by atoms with Gasteiger partial charge in [-0.05, 0) is 42.8 Å². The van der Waals surface area contributed by atoms with Crippen LogP contribution >= 0.6 is 0 Å². The molecule has 2 aromatic carbocycles. The van der Waals surface area contributed by atoms with Gasteiger partial charge in [-0.1, -0.05) is 0 Å². The first-order valence-electron chi connectivity index (χ1n) is 10.1. The average molecular weight is 417 g/mol. The highest BCUT2D eigenvalue weighted by molar-refractivity contribution is 5.56. The lowest BCUT2D eigenvalue weighted by Gasteiger charge is -2.33. The molecule has 3 rings (SSSR count). The van der Waals surface area contributed by atoms with Crippen molar-refractivity contribution in [3.63, 3.8) is 0 Å². The fourth-order valence-corrected chi connectivity index (χ4v) is 4.02. The molecular formula is C23H32N2O5. The van der Waals surface area contributed by atoms with Gasteiger partial charge in [0.25, 0.3) is 0 Å². The number of hydrogen-bond donors (Lipinski definition) is 1. The molecule has 0 aliphatic carbocycles. The molecule has 0 spiro atoms. The summed E-state index contributed by atoms with van der Waals surface area (Å²) in [6.45, 7) is 3.82. The first-order chi connectivity index (χ1) is 14.7. The van der Waals surface area contributed by atoms with Gasteiger partial charge in [0.2, 0.25) is 5.75 Å². The van der Waals surface area contributed by atoms with Crippen molar-refractivity contribution < 1.29 is 23.7 Å². The average Bonchev–Trinajstić information content (AvgIpc) is 3.08. The molecule has 0 saturated carbocycles. The Bertz CT molecular complexity index is 809. The summed E-state index contributed by atoms with van der Waals surface area (Å²) < 4.78 is 27.9. The minimum absolute atomic E-state index is 0.0422. The maximum absolute atomic E-state index is 5.76. The van der Waals surface area contributed by atoms with E-state index >= 15 is 0 Å². The summed E-state index contributed by atoms with van der Waals surface area (Å²) in [6, 6.07) is 9.97. The van der Waals surface area contributed by atoms with E-state index < -0.39 is 0 Å². The predicted octanol–water partition coefficient (Wildman–Crippen LogP) is 3.11. The predicted molar refractivity (Wildman–Crippen MR) is 117 cm³/mol. The molecule has 1 fully saturated rings. The molecule has 1 aliphatic heterocycles. The van der Waals surface area contributed by atoms with Crippen LogP contribution in [0.4, 0.5) is 0 Å². The Balaban J connectivity index is 2.18. The van der Waals surface area contributed by atoms with Crippen molar-refractivity contribution in [2.24, 2.45) is 0 Å². The van der Waals surface area contributed by atoms with Crippen molar-refractivity contribution >= 4 is 0 Å². The highest BCUT2D eigenvalue weighted by Gasteiger charge is 2.28. The molecule has 1 heterocycles. The standard InChI is InChI=1S/C23H32N2O5/c1-26-17-7-8-18(19(15-17)27-2)22(25-11-6-9-24-10-12-25)16-13-20(28-3)23(30-5)21(14-16)29-4/h7-8,13-15,22,24H,6,9-12H2,1-5H3. The molecule has 30 heavy (non-hydrogen) atoms. The number of methoxy groups -OCH3 is 5. The van der Waals surface area contributed by atoms with Gasteiger partial charge in [0, 0.05) is 31.3 Å². The second-order valence-corrected chi connectivity index (χ2v) is 7.11. The number of nitrogens with one attached hydrogen (secondary N) is 1. The summed E-state index contributed by atoms with van der Waals surface area (Å²) in [5.74, 6) is 3.40. The Kier molecular flexibility index (Phi) is 7.65. The van der Waals surface area contributed by atoms with Crippen LogP contribution in [0, 0.1) is 0 Å². The lowest BCUT2D eigenvalue weighted by molar-refractivity contribution is 0.234. The topological polar surface area (TPSA) is 61.4 Å². The van der Waals surface area contributed by atoms with E-state index in [1.165, 1.54) is 0 Å². The van der Waals surface area contributed by atoms with Crippen LogP contribution in [-0.2, 0) is 0 Å². The summed E-state index contributed by atoms with van der Waals surface area (Å²) in [7, 11) is 8.24. The van der Waals surface area contributed by atoms with Crippen molar-refractivity contribution in [2.75, 3.05) is 61.7 Å². The van der Waals surface area contributed by atoms with E-state index in [9.17, 15) is 0 Å². The highest BCUT2D eigenvalue weighted by atomic mass is 16.5. The quantitative estimate of drug-likeness (QED) is 0.709. The van der Waals surface area contributed by atoms with Crippen LogP contribution in [0.3, 0.4) is 0 Å². The summed E-state index contributed by atoms with van der Waals surface area (Å²) in [5.41, 5.74) is 2.12. The largest absolute Gasteiger partial charge is 0.497 e. The Morgan fingerprint density at radius 2 is 1.47 bits per heavy atom. The van der Waals surface area contributed by atoms with E-state index in [1.807, 2.05) is 24.3 Å². The Morgan fingerprint density at radius 3 is 2.07 bits per heavy atom. The Hall–Kier alpha value is -2.64. The van der Waals surface area contributed by atoms with E-state index in [4.69, 9.17) is 23.7 Å². The van der Waals surface area contributed by atoms with Crippen LogP contribution in [-0.4, -0.2) is 66.6 Å². The maximum Gasteiger partial charge on any atom is 0.203 e. The van der Waals surface area contributed by atoms with Gasteiger partial charge in [-0.2, -0.15) is 0 Å². The number of rotatable bonds is 8. The van der Waals surface area contributed by atoms with Crippen molar-refractivity contribution in [1.82, 2.24) is 10.2 Å². The molecule has 7 nitrogen and oxygen atoms in total. The molecule has 1 N–H and O–H groups in total. The van der Waals surface area contributed by atoms with E-state index in [1.54, 1.807) is 35.5 Å². The molecule has 0 aromatic heterocycles. The van der Waals surface area contributed by atoms with Gasteiger partial charge in [0.05, 0.1) is 41.6 Å². The van der Waals surface area contributed by atoms with Crippen LogP contribution < -0.4 is 29.0 Å². The number of nitrogens with zero attached hydrogens (tertiary/aromatic N) is 1. The molecule has 0 amide bonds. The number of benzene rings is 2. The Labute approximate surface area is 178 Å². The van der Waals surface area contributed by atoms with Crippen molar-refractivity contribution in [1.29, 1.82) is 0 Å². The van der Waals surface area contributed by atoms with Crippen molar-refractivity contribution in [2.45, 2.75) is 12.5 Å². The zero-order valence-corrected chi connectivity index (χ0v) is 18.5. The van der Waals surface area contributed by atoms with Gasteiger partial charge < -0.3 is 29.0 Å². The minimum atomic E-state index is -0.0422. The molecule has 0 radical (unpaired) electrons. The number of hydrogen-bond acceptors (Lipinski definition) is 7. The summed E-state index contributed by atoms with van der Waals surface area (Å²) >= 11 is 0. The van der Waals surface area contributed by atoms with Crippen LogP contribution in [0.5, 0.6) is 28.7 Å². The molecule has 1 aliphatic rings. The molecule has 1 atom stereocenters. The second kappa shape index (κ2) is 10.4. The van der Waals surface area contributed by atoms with E-state index in [-0.39, 0.29) is 6.04 Å². The van der Waals surface area contributed by atoms with Crippen LogP contribution in [0.2, 0.25) is 0 Å². The fourth-order valence-electron chi connectivity index (χ4n) is 4.02. The first-order valence-corrected chi connectivity index (χ1v) is 10.1. The fraction of sp³-hybridized carbons (Fsp3) is 0.478. The Morgan fingerprint density at radius 1 is 0.767 bits per heavy atom. The van der Waals surface area contributed by atoms with Gasteiger partial charge >= 0.3 is 0 Å². The lowest BCUT2D eigenvalue weighted by Crippen LogP contribution is -2.33. The van der Waals surface area contributed by atoms with E-state index in [0.717, 1.165) is 55.2 Å². The van der Waals surface area contributed by atoms with E-state index in [0.29, 0.717) is 17.2 Å². The molecule has 0 bridgehead atoms. The third kappa shape index (κ3) is 4.57. The third-order valence-electron chi connectivity index (χ3n) is 5.48. The van der Waals surface area contributed by atoms with Gasteiger partial charge in [-0.3, -0.25) is 4.90 Å². The lowest BCUT2D eigenvalue weighted by atomic mass is 9.94. The van der Waals surface area contributed by atoms with Crippen molar-refractivity contribution in [3.8, 4) is 28.7 Å². The second-order valence-electron chi connectivity index (χ2n) is 7.11. The van der Waals surface area contributed by atoms with E-state index in [2.05, 4.69) is 16.3 Å². The monoisotopic (exact) mass is 416 g/mol. The normalized spacial score (nSPS) is 15.8. The number of ether oxygens (including phenoxy) is 5. The maximum atomic E-state index is 5.76. The molecule has 164 valence electrons. The summed E-state index contributed by atoms with van der Waals surface area (Å²) in [6.07, 6.45) is 1.07. The minimum Gasteiger partial charge on any atom is -0.497 e. The van der Waals surface area contributed by atoms with Crippen molar-refractivity contribution in [3.05, 3.63) is 41.5 Å². The van der Waals surface area contributed by atoms with Gasteiger partial charge in [0.1, 0.15) is 11.5 Å². The molecule has 7 heteroatoms. The van der Waals surface area contributed by atoms with Gasteiger partial charge in [-0.15, -0.1) is 0 Å². The van der Waals surface area contributed by atoms with Crippen LogP contribution in [0.25, 0.3) is 0 Å². The molecule has 2 aromatic rings.